The minimum absolute atomic E-state index is 0.158. The van der Waals surface area contributed by atoms with E-state index in [2.05, 4.69) is 4.98 Å². The number of imidazole rings is 1. The van der Waals surface area contributed by atoms with E-state index in [1.54, 1.807) is 42.4 Å². The van der Waals surface area contributed by atoms with Crippen LogP contribution in [0.3, 0.4) is 0 Å². The van der Waals surface area contributed by atoms with E-state index in [0.717, 1.165) is 5.69 Å². The van der Waals surface area contributed by atoms with Gasteiger partial charge in [0.25, 0.3) is 0 Å². The zero-order chi connectivity index (χ0) is 13.1. The van der Waals surface area contributed by atoms with E-state index >= 15 is 0 Å². The second-order valence-corrected chi connectivity index (χ2v) is 4.23. The molecule has 96 valence electrons. The number of halogens is 1. The molecule has 18 heavy (non-hydrogen) atoms. The summed E-state index contributed by atoms with van der Waals surface area (Å²) < 4.78 is 7.04. The number of nitrogens with two attached hydrogens (primary N) is 1. The first-order chi connectivity index (χ1) is 8.67. The molecule has 1 atom stereocenters. The van der Waals surface area contributed by atoms with E-state index < -0.39 is 6.04 Å². The summed E-state index contributed by atoms with van der Waals surface area (Å²) >= 11 is 5.99. The van der Waals surface area contributed by atoms with Gasteiger partial charge in [0.1, 0.15) is 5.75 Å². The second-order valence-electron chi connectivity index (χ2n) is 3.79. The normalized spacial score (nSPS) is 12.4. The number of benzene rings is 1. The van der Waals surface area contributed by atoms with Crippen LogP contribution < -0.4 is 10.5 Å². The number of aromatic nitrogens is 2. The van der Waals surface area contributed by atoms with Gasteiger partial charge in [0.05, 0.1) is 43.7 Å². The summed E-state index contributed by atoms with van der Waals surface area (Å²) in [6.07, 6.45) is 3.22. The number of nitrogens with zero attached hydrogens (tertiary/aromatic N) is 2. The molecule has 0 saturated carbocycles. The number of hydrogen-bond donors (Lipinski definition) is 2. The highest BCUT2D eigenvalue weighted by Gasteiger charge is 2.14. The summed E-state index contributed by atoms with van der Waals surface area (Å²) in [5, 5.41) is 9.72. The number of ether oxygens (including phenoxy) is 1. The highest BCUT2D eigenvalue weighted by molar-refractivity contribution is 6.30. The molecule has 0 fully saturated rings. The lowest BCUT2D eigenvalue weighted by Gasteiger charge is -2.15. The number of aliphatic hydroxyl groups excluding tert-OH is 1. The molecule has 2 aromatic rings. The van der Waals surface area contributed by atoms with Gasteiger partial charge in [-0.25, -0.2) is 4.98 Å². The molecule has 5 nitrogen and oxygen atoms in total. The standard InChI is InChI=1S/C12H14ClN3O2/c1-18-12-3-2-8(13)4-10(12)16-7-15-5-11(16)9(14)6-17/h2-5,7,9,17H,6,14H2,1H3. The van der Waals surface area contributed by atoms with Crippen molar-refractivity contribution in [2.45, 2.75) is 6.04 Å². The summed E-state index contributed by atoms with van der Waals surface area (Å²) in [4.78, 5) is 4.05. The molecule has 0 aliphatic carbocycles. The lowest BCUT2D eigenvalue weighted by Crippen LogP contribution is -2.18. The first-order valence-electron chi connectivity index (χ1n) is 5.40. The molecule has 6 heteroatoms. The van der Waals surface area contributed by atoms with Crippen molar-refractivity contribution in [3.63, 3.8) is 0 Å². The molecular weight excluding hydrogens is 254 g/mol. The maximum Gasteiger partial charge on any atom is 0.142 e. The average molecular weight is 268 g/mol. The van der Waals surface area contributed by atoms with Crippen LogP contribution in [0.15, 0.2) is 30.7 Å². The summed E-state index contributed by atoms with van der Waals surface area (Å²) in [6, 6.07) is 4.77. The zero-order valence-corrected chi connectivity index (χ0v) is 10.6. The summed E-state index contributed by atoms with van der Waals surface area (Å²) in [5.74, 6) is 0.656. The van der Waals surface area contributed by atoms with Gasteiger partial charge in [-0.05, 0) is 18.2 Å². The molecule has 1 aromatic heterocycles. The Morgan fingerprint density at radius 3 is 3.00 bits per heavy atom. The van der Waals surface area contributed by atoms with E-state index in [1.165, 1.54) is 0 Å². The largest absolute Gasteiger partial charge is 0.495 e. The minimum atomic E-state index is -0.504. The fourth-order valence-electron chi connectivity index (χ4n) is 1.73. The van der Waals surface area contributed by atoms with Gasteiger partial charge in [0.15, 0.2) is 0 Å². The Bertz CT molecular complexity index is 542. The smallest absolute Gasteiger partial charge is 0.142 e. The number of methoxy groups -OCH3 is 1. The van der Waals surface area contributed by atoms with Crippen LogP contribution in [0.4, 0.5) is 0 Å². The van der Waals surface area contributed by atoms with Crippen LogP contribution in [0.25, 0.3) is 5.69 Å². The van der Waals surface area contributed by atoms with Crippen molar-refractivity contribution in [2.24, 2.45) is 5.73 Å². The summed E-state index contributed by atoms with van der Waals surface area (Å²) in [7, 11) is 1.58. The van der Waals surface area contributed by atoms with E-state index in [9.17, 15) is 0 Å². The lowest BCUT2D eigenvalue weighted by molar-refractivity contribution is 0.264. The molecule has 2 rings (SSSR count). The first-order valence-corrected chi connectivity index (χ1v) is 5.77. The first kappa shape index (κ1) is 12.9. The van der Waals surface area contributed by atoms with Gasteiger partial charge in [-0.1, -0.05) is 11.6 Å². The third-order valence-electron chi connectivity index (χ3n) is 2.64. The Hall–Kier alpha value is -1.56. The van der Waals surface area contributed by atoms with Gasteiger partial charge >= 0.3 is 0 Å². The van der Waals surface area contributed by atoms with Crippen LogP contribution in [0.5, 0.6) is 5.75 Å². The highest BCUT2D eigenvalue weighted by atomic mass is 35.5. The fourth-order valence-corrected chi connectivity index (χ4v) is 1.89. The van der Waals surface area contributed by atoms with Gasteiger partial charge in [0, 0.05) is 5.02 Å². The lowest BCUT2D eigenvalue weighted by atomic mass is 10.2. The van der Waals surface area contributed by atoms with Gasteiger partial charge in [-0.15, -0.1) is 0 Å². The Labute approximate surface area is 110 Å². The van der Waals surface area contributed by atoms with Gasteiger partial charge in [-0.3, -0.25) is 4.57 Å². The van der Waals surface area contributed by atoms with Gasteiger partial charge < -0.3 is 15.6 Å². The van der Waals surface area contributed by atoms with Crippen molar-refractivity contribution < 1.29 is 9.84 Å². The van der Waals surface area contributed by atoms with Crippen LogP contribution >= 0.6 is 11.6 Å². The van der Waals surface area contributed by atoms with E-state index in [4.69, 9.17) is 27.2 Å². The molecule has 1 unspecified atom stereocenters. The second kappa shape index (κ2) is 5.39. The Morgan fingerprint density at radius 1 is 1.56 bits per heavy atom. The predicted octanol–water partition coefficient (Wildman–Crippen LogP) is 1.53. The third-order valence-corrected chi connectivity index (χ3v) is 2.88. The molecule has 0 amide bonds. The number of aliphatic hydroxyl groups is 1. The predicted molar refractivity (Wildman–Crippen MR) is 69.1 cm³/mol. The number of hydrogen-bond acceptors (Lipinski definition) is 4. The van der Waals surface area contributed by atoms with Gasteiger partial charge in [0.2, 0.25) is 0 Å². The van der Waals surface area contributed by atoms with Gasteiger partial charge in [-0.2, -0.15) is 0 Å². The van der Waals surface area contributed by atoms with Crippen molar-refractivity contribution in [3.05, 3.63) is 41.4 Å². The molecule has 0 radical (unpaired) electrons. The maximum atomic E-state index is 9.14. The Kier molecular flexibility index (Phi) is 3.86. The van der Waals surface area contributed by atoms with E-state index in [0.29, 0.717) is 16.5 Å². The van der Waals surface area contributed by atoms with Crippen molar-refractivity contribution in [1.82, 2.24) is 9.55 Å². The van der Waals surface area contributed by atoms with Crippen LogP contribution in [-0.2, 0) is 0 Å². The maximum absolute atomic E-state index is 9.14. The third kappa shape index (κ3) is 2.33. The van der Waals surface area contributed by atoms with Crippen LogP contribution in [-0.4, -0.2) is 28.4 Å². The van der Waals surface area contributed by atoms with Crippen molar-refractivity contribution >= 4 is 11.6 Å². The highest BCUT2D eigenvalue weighted by Crippen LogP contribution is 2.28. The quantitative estimate of drug-likeness (QED) is 0.881. The fraction of sp³-hybridized carbons (Fsp3) is 0.250. The topological polar surface area (TPSA) is 73.3 Å². The average Bonchev–Trinajstić information content (AvgIpc) is 2.86. The SMILES string of the molecule is COc1ccc(Cl)cc1-n1cncc1C(N)CO. The Balaban J connectivity index is 2.55. The monoisotopic (exact) mass is 267 g/mol. The van der Waals surface area contributed by atoms with Crippen LogP contribution in [0.1, 0.15) is 11.7 Å². The van der Waals surface area contributed by atoms with E-state index in [1.807, 2.05) is 0 Å². The van der Waals surface area contributed by atoms with Crippen molar-refractivity contribution in [2.75, 3.05) is 13.7 Å². The number of rotatable bonds is 4. The molecular formula is C12H14ClN3O2. The molecule has 1 aromatic carbocycles. The summed E-state index contributed by atoms with van der Waals surface area (Å²) in [5.41, 5.74) is 7.25. The minimum Gasteiger partial charge on any atom is -0.495 e. The zero-order valence-electron chi connectivity index (χ0n) is 9.88. The van der Waals surface area contributed by atoms with Crippen molar-refractivity contribution in [3.8, 4) is 11.4 Å². The molecule has 3 N–H and O–H groups in total. The van der Waals surface area contributed by atoms with E-state index in [-0.39, 0.29) is 6.61 Å². The molecule has 0 aliphatic rings. The Morgan fingerprint density at radius 2 is 2.33 bits per heavy atom. The van der Waals surface area contributed by atoms with Crippen LogP contribution in [0, 0.1) is 0 Å². The molecule has 1 heterocycles. The molecule has 0 aliphatic heterocycles. The van der Waals surface area contributed by atoms with Crippen molar-refractivity contribution in [1.29, 1.82) is 0 Å². The summed E-state index contributed by atoms with van der Waals surface area (Å²) in [6.45, 7) is -0.158. The molecule has 0 bridgehead atoms. The molecule has 0 saturated heterocycles. The van der Waals surface area contributed by atoms with Crippen LogP contribution in [0.2, 0.25) is 5.02 Å². The molecule has 0 spiro atoms.